The Balaban J connectivity index is 2.96. The number of carbonyl (C=O) groups is 2. The number of carboxylic acid groups (broad SMARTS) is 1. The molecule has 1 aromatic carbocycles. The predicted molar refractivity (Wildman–Crippen MR) is 86.2 cm³/mol. The molecule has 1 atom stereocenters. The molecular weight excluding hydrogens is 377 g/mol. The number of benzene rings is 1. The molecule has 1 unspecified atom stereocenters. The van der Waals surface area contributed by atoms with Crippen molar-refractivity contribution < 1.29 is 36.3 Å². The predicted octanol–water partition coefficient (Wildman–Crippen LogP) is 1.97. The number of halogens is 3. The lowest BCUT2D eigenvalue weighted by atomic mass is 10.1. The summed E-state index contributed by atoms with van der Waals surface area (Å²) in [6, 6.07) is 1.62. The lowest BCUT2D eigenvalue weighted by molar-refractivity contribution is -0.141. The number of hydrogen-bond acceptors (Lipinski definition) is 4. The molecule has 1 rings (SSSR count). The van der Waals surface area contributed by atoms with Gasteiger partial charge in [0.1, 0.15) is 0 Å². The Hall–Kier alpha value is -2.30. The highest BCUT2D eigenvalue weighted by atomic mass is 32.2. The molecule has 2 N–H and O–H groups in total. The molecule has 11 heteroatoms. The van der Waals surface area contributed by atoms with E-state index in [-0.39, 0.29) is 18.7 Å². The van der Waals surface area contributed by atoms with Gasteiger partial charge in [-0.1, -0.05) is 6.92 Å². The van der Waals surface area contributed by atoms with Crippen LogP contribution in [0.25, 0.3) is 0 Å². The number of aliphatic carboxylic acids is 1. The Labute approximate surface area is 148 Å². The van der Waals surface area contributed by atoms with Crippen LogP contribution in [0.15, 0.2) is 23.1 Å². The topological polar surface area (TPSA) is 104 Å². The van der Waals surface area contributed by atoms with E-state index in [9.17, 15) is 31.2 Å². The van der Waals surface area contributed by atoms with E-state index in [4.69, 9.17) is 5.11 Å². The smallest absolute Gasteiger partial charge is 0.416 e. The summed E-state index contributed by atoms with van der Waals surface area (Å²) in [6.07, 6.45) is -3.96. The van der Waals surface area contributed by atoms with Gasteiger partial charge < -0.3 is 15.3 Å². The Bertz CT molecular complexity index is 793. The fourth-order valence-corrected chi connectivity index (χ4v) is 2.73. The zero-order chi connectivity index (χ0) is 20.3. The van der Waals surface area contributed by atoms with E-state index >= 15 is 0 Å². The maximum atomic E-state index is 12.9. The average Bonchev–Trinajstić information content (AvgIpc) is 2.50. The first-order valence-electron chi connectivity index (χ1n) is 7.34. The highest BCUT2D eigenvalue weighted by molar-refractivity contribution is 7.90. The summed E-state index contributed by atoms with van der Waals surface area (Å²) in [5.74, 6) is -1.92. The monoisotopic (exact) mass is 396 g/mol. The third-order valence-corrected chi connectivity index (χ3v) is 4.57. The van der Waals surface area contributed by atoms with Crippen LogP contribution in [0.1, 0.15) is 18.1 Å². The molecule has 0 aliphatic rings. The molecule has 0 bridgehead atoms. The summed E-state index contributed by atoms with van der Waals surface area (Å²) in [5, 5.41) is 11.1. The van der Waals surface area contributed by atoms with Crippen molar-refractivity contribution >= 4 is 21.8 Å². The van der Waals surface area contributed by atoms with Crippen LogP contribution in [0.3, 0.4) is 0 Å². The van der Waals surface area contributed by atoms with Crippen molar-refractivity contribution in [1.29, 1.82) is 0 Å². The van der Waals surface area contributed by atoms with Gasteiger partial charge in [-0.25, -0.2) is 13.2 Å². The number of hydrogen-bond donors (Lipinski definition) is 2. The highest BCUT2D eigenvalue weighted by Gasteiger charge is 2.32. The fourth-order valence-electron chi connectivity index (χ4n) is 2.02. The van der Waals surface area contributed by atoms with Crippen molar-refractivity contribution in [2.75, 3.05) is 19.8 Å². The molecule has 7 nitrogen and oxygen atoms in total. The molecule has 2 amide bonds. The molecule has 0 aliphatic carbocycles. The van der Waals surface area contributed by atoms with Gasteiger partial charge >= 0.3 is 18.2 Å². The number of alkyl halides is 3. The lowest BCUT2D eigenvalue weighted by Crippen LogP contribution is -2.40. The number of rotatable bonds is 6. The molecular formula is C15H19F3N2O5S. The maximum Gasteiger partial charge on any atom is 0.416 e. The first-order chi connectivity index (χ1) is 11.7. The molecule has 0 fully saturated rings. The normalized spacial score (nSPS) is 13.2. The maximum absolute atomic E-state index is 12.9. The van der Waals surface area contributed by atoms with Crippen LogP contribution in [-0.2, 0) is 27.4 Å². The van der Waals surface area contributed by atoms with Gasteiger partial charge in [-0.15, -0.1) is 0 Å². The molecule has 0 aliphatic heterocycles. The van der Waals surface area contributed by atoms with Gasteiger partial charge in [0.2, 0.25) is 0 Å². The van der Waals surface area contributed by atoms with Gasteiger partial charge in [-0.3, -0.25) is 4.79 Å². The fraction of sp³-hybridized carbons (Fsp3) is 0.467. The summed E-state index contributed by atoms with van der Waals surface area (Å²) in [6.45, 7) is 0.951. The standard InChI is InChI=1S/C15H19F3N2O5S/c1-9(13(21)22)8-20(2)14(23)19-7-10-4-11(15(16,17)18)6-12(5-10)26(3,24)25/h4-6,9H,7-8H2,1-3H3,(H,19,23)(H,21,22). The summed E-state index contributed by atoms with van der Waals surface area (Å²) >= 11 is 0. The number of carboxylic acids is 1. The van der Waals surface area contributed by atoms with Crippen LogP contribution in [0.4, 0.5) is 18.0 Å². The highest BCUT2D eigenvalue weighted by Crippen LogP contribution is 2.31. The van der Waals surface area contributed by atoms with Crippen molar-refractivity contribution in [3.05, 3.63) is 29.3 Å². The van der Waals surface area contributed by atoms with Crippen molar-refractivity contribution in [2.45, 2.75) is 24.5 Å². The summed E-state index contributed by atoms with van der Waals surface area (Å²) < 4.78 is 62.0. The van der Waals surface area contributed by atoms with E-state index in [0.29, 0.717) is 6.07 Å². The second-order valence-corrected chi connectivity index (χ2v) is 7.93. The van der Waals surface area contributed by atoms with E-state index in [2.05, 4.69) is 5.32 Å². The van der Waals surface area contributed by atoms with Crippen LogP contribution in [0, 0.1) is 5.92 Å². The van der Waals surface area contributed by atoms with Crippen molar-refractivity contribution in [3.63, 3.8) is 0 Å². The van der Waals surface area contributed by atoms with E-state index in [0.717, 1.165) is 23.3 Å². The molecule has 0 spiro atoms. The Morgan fingerprint density at radius 1 is 1.27 bits per heavy atom. The first-order valence-corrected chi connectivity index (χ1v) is 9.24. The largest absolute Gasteiger partial charge is 0.481 e. The van der Waals surface area contributed by atoms with E-state index < -0.39 is 44.4 Å². The van der Waals surface area contributed by atoms with Crippen LogP contribution in [-0.4, -0.2) is 50.3 Å². The van der Waals surface area contributed by atoms with Crippen LogP contribution in [0.5, 0.6) is 0 Å². The average molecular weight is 396 g/mol. The molecule has 26 heavy (non-hydrogen) atoms. The Kier molecular flexibility index (Phi) is 6.64. The molecule has 0 aromatic heterocycles. The zero-order valence-corrected chi connectivity index (χ0v) is 15.1. The summed E-state index contributed by atoms with van der Waals surface area (Å²) in [4.78, 5) is 23.3. The number of urea groups is 1. The van der Waals surface area contributed by atoms with Crippen molar-refractivity contribution in [2.24, 2.45) is 5.92 Å². The van der Waals surface area contributed by atoms with Gasteiger partial charge in [0, 0.05) is 26.4 Å². The third-order valence-electron chi connectivity index (χ3n) is 3.48. The molecule has 146 valence electrons. The van der Waals surface area contributed by atoms with Gasteiger partial charge in [0.25, 0.3) is 0 Å². The number of carbonyl (C=O) groups excluding carboxylic acids is 1. The zero-order valence-electron chi connectivity index (χ0n) is 14.3. The van der Waals surface area contributed by atoms with Crippen LogP contribution < -0.4 is 5.32 Å². The minimum absolute atomic E-state index is 0.0479. The minimum Gasteiger partial charge on any atom is -0.481 e. The quantitative estimate of drug-likeness (QED) is 0.765. The van der Waals surface area contributed by atoms with Gasteiger partial charge in [-0.2, -0.15) is 13.2 Å². The van der Waals surface area contributed by atoms with Crippen LogP contribution >= 0.6 is 0 Å². The Morgan fingerprint density at radius 2 is 1.85 bits per heavy atom. The number of sulfone groups is 1. The lowest BCUT2D eigenvalue weighted by Gasteiger charge is -2.20. The van der Waals surface area contributed by atoms with Crippen molar-refractivity contribution in [1.82, 2.24) is 10.2 Å². The molecule has 0 heterocycles. The van der Waals surface area contributed by atoms with E-state index in [1.165, 1.54) is 14.0 Å². The van der Waals surface area contributed by atoms with Gasteiger partial charge in [0.15, 0.2) is 9.84 Å². The second kappa shape index (κ2) is 7.94. The number of nitrogens with one attached hydrogen (secondary N) is 1. The SMILES string of the molecule is CC(CN(C)C(=O)NCc1cc(C(F)(F)F)cc(S(C)(=O)=O)c1)C(=O)O. The molecule has 0 saturated carbocycles. The molecule has 0 saturated heterocycles. The van der Waals surface area contributed by atoms with Gasteiger partial charge in [0.05, 0.1) is 16.4 Å². The summed E-state index contributed by atoms with van der Waals surface area (Å²) in [7, 11) is -2.54. The first kappa shape index (κ1) is 21.7. The van der Waals surface area contributed by atoms with E-state index in [1.807, 2.05) is 0 Å². The summed E-state index contributed by atoms with van der Waals surface area (Å²) in [5.41, 5.74) is -1.19. The van der Waals surface area contributed by atoms with Gasteiger partial charge in [-0.05, 0) is 23.8 Å². The molecule has 0 radical (unpaired) electrons. The van der Waals surface area contributed by atoms with Crippen LogP contribution in [0.2, 0.25) is 0 Å². The molecule has 1 aromatic rings. The Morgan fingerprint density at radius 3 is 2.31 bits per heavy atom. The number of nitrogens with zero attached hydrogens (tertiary/aromatic N) is 1. The van der Waals surface area contributed by atoms with Crippen molar-refractivity contribution in [3.8, 4) is 0 Å². The minimum atomic E-state index is -4.74. The number of amides is 2. The second-order valence-electron chi connectivity index (χ2n) is 5.91. The third kappa shape index (κ3) is 6.21. The van der Waals surface area contributed by atoms with E-state index in [1.54, 1.807) is 0 Å².